The van der Waals surface area contributed by atoms with Gasteiger partial charge in [-0.3, -0.25) is 4.99 Å². The number of aliphatic imine (C=N–C) groups is 1. The van der Waals surface area contributed by atoms with Crippen LogP contribution in [0.3, 0.4) is 0 Å². The Morgan fingerprint density at radius 1 is 1.13 bits per heavy atom. The minimum Gasteiger partial charge on any atom is -0.356 e. The number of benzene rings is 1. The minimum atomic E-state index is -0.192. The molecule has 0 saturated heterocycles. The molecular weight excluding hydrogens is 291 g/mol. The Bertz CT molecular complexity index is 457. The van der Waals surface area contributed by atoms with Crippen LogP contribution in [-0.4, -0.2) is 50.6 Å². The van der Waals surface area contributed by atoms with Crippen LogP contribution >= 0.6 is 0 Å². The maximum absolute atomic E-state index is 12.8. The molecule has 4 nitrogen and oxygen atoms in total. The predicted octanol–water partition coefficient (Wildman–Crippen LogP) is 2.65. The summed E-state index contributed by atoms with van der Waals surface area (Å²) < 4.78 is 12.8. The number of nitrogens with one attached hydrogen (secondary N) is 2. The number of rotatable bonds is 9. The molecule has 0 aliphatic heterocycles. The Balaban J connectivity index is 2.13. The van der Waals surface area contributed by atoms with Gasteiger partial charge in [0.15, 0.2) is 5.96 Å². The molecule has 0 heterocycles. The average Bonchev–Trinajstić information content (AvgIpc) is 2.54. The fourth-order valence-corrected chi connectivity index (χ4v) is 2.15. The highest BCUT2D eigenvalue weighted by molar-refractivity contribution is 5.79. The summed E-state index contributed by atoms with van der Waals surface area (Å²) in [4.78, 5) is 6.58. The van der Waals surface area contributed by atoms with Crippen molar-refractivity contribution in [2.75, 3.05) is 33.7 Å². The zero-order chi connectivity index (χ0) is 17.1. The van der Waals surface area contributed by atoms with Crippen molar-refractivity contribution in [2.45, 2.75) is 39.2 Å². The van der Waals surface area contributed by atoms with Gasteiger partial charge in [0.1, 0.15) is 5.82 Å². The number of unbranched alkanes of at least 4 members (excludes halogenated alkanes) is 1. The fraction of sp³-hybridized carbons (Fsp3) is 0.611. The number of hydrogen-bond acceptors (Lipinski definition) is 2. The topological polar surface area (TPSA) is 39.7 Å². The zero-order valence-corrected chi connectivity index (χ0v) is 14.9. The first-order chi connectivity index (χ1) is 11.0. The number of halogens is 1. The molecule has 5 heteroatoms. The summed E-state index contributed by atoms with van der Waals surface area (Å²) >= 11 is 0. The second kappa shape index (κ2) is 11.0. The van der Waals surface area contributed by atoms with Gasteiger partial charge in [0, 0.05) is 26.2 Å². The summed E-state index contributed by atoms with van der Waals surface area (Å²) in [7, 11) is 3.94. The molecule has 1 aromatic carbocycles. The minimum absolute atomic E-state index is 0.192. The van der Waals surface area contributed by atoms with Crippen LogP contribution in [0.25, 0.3) is 0 Å². The lowest BCUT2D eigenvalue weighted by Crippen LogP contribution is -2.39. The van der Waals surface area contributed by atoms with Crippen molar-refractivity contribution >= 4 is 5.96 Å². The first-order valence-corrected chi connectivity index (χ1v) is 8.42. The van der Waals surface area contributed by atoms with Crippen LogP contribution in [0, 0.1) is 5.82 Å². The lowest BCUT2D eigenvalue weighted by molar-refractivity contribution is 0.268. The number of guanidine groups is 1. The predicted molar refractivity (Wildman–Crippen MR) is 96.5 cm³/mol. The molecule has 0 unspecified atom stereocenters. The molecule has 0 fully saturated rings. The lowest BCUT2D eigenvalue weighted by Gasteiger charge is -2.20. The van der Waals surface area contributed by atoms with Gasteiger partial charge in [-0.2, -0.15) is 0 Å². The molecule has 0 bridgehead atoms. The van der Waals surface area contributed by atoms with Crippen molar-refractivity contribution in [3.05, 3.63) is 35.6 Å². The van der Waals surface area contributed by atoms with Gasteiger partial charge in [0.25, 0.3) is 0 Å². The third-order valence-corrected chi connectivity index (χ3v) is 3.95. The highest BCUT2D eigenvalue weighted by atomic mass is 19.1. The summed E-state index contributed by atoms with van der Waals surface area (Å²) in [6.07, 6.45) is 3.14. The molecule has 0 spiro atoms. The van der Waals surface area contributed by atoms with Gasteiger partial charge in [-0.05, 0) is 64.4 Å². The van der Waals surface area contributed by atoms with E-state index in [2.05, 4.69) is 41.4 Å². The Labute approximate surface area is 140 Å². The Kier molecular flexibility index (Phi) is 9.29. The van der Waals surface area contributed by atoms with Gasteiger partial charge in [0.05, 0.1) is 0 Å². The summed E-state index contributed by atoms with van der Waals surface area (Å²) in [5.74, 6) is 0.631. The van der Waals surface area contributed by atoms with Crippen LogP contribution in [0.15, 0.2) is 29.3 Å². The Hall–Kier alpha value is -1.62. The molecule has 0 amide bonds. The smallest absolute Gasteiger partial charge is 0.190 e. The summed E-state index contributed by atoms with van der Waals surface area (Å²) in [5, 5.41) is 6.61. The van der Waals surface area contributed by atoms with Crippen LogP contribution in [-0.2, 0) is 6.42 Å². The summed E-state index contributed by atoms with van der Waals surface area (Å²) in [6.45, 7) is 7.25. The summed E-state index contributed by atoms with van der Waals surface area (Å²) in [5.41, 5.74) is 1.12. The highest BCUT2D eigenvalue weighted by Gasteiger charge is 2.02. The van der Waals surface area contributed by atoms with Gasteiger partial charge in [-0.1, -0.05) is 12.1 Å². The molecule has 0 aliphatic rings. The van der Waals surface area contributed by atoms with Gasteiger partial charge in [0.2, 0.25) is 0 Å². The van der Waals surface area contributed by atoms with Crippen molar-refractivity contribution in [2.24, 2.45) is 4.99 Å². The van der Waals surface area contributed by atoms with Crippen molar-refractivity contribution in [1.29, 1.82) is 0 Å². The summed E-state index contributed by atoms with van der Waals surface area (Å²) in [6, 6.07) is 7.23. The van der Waals surface area contributed by atoms with Crippen LogP contribution in [0.4, 0.5) is 4.39 Å². The van der Waals surface area contributed by atoms with E-state index in [0.29, 0.717) is 6.04 Å². The lowest BCUT2D eigenvalue weighted by atomic mass is 10.1. The van der Waals surface area contributed by atoms with E-state index in [1.807, 2.05) is 12.1 Å². The van der Waals surface area contributed by atoms with Crippen LogP contribution < -0.4 is 10.6 Å². The molecule has 0 saturated carbocycles. The van der Waals surface area contributed by atoms with E-state index in [0.717, 1.165) is 44.0 Å². The van der Waals surface area contributed by atoms with Crippen molar-refractivity contribution in [3.8, 4) is 0 Å². The standard InChI is InChI=1S/C18H31FN4/c1-15(2)23(4)14-6-5-12-21-18(20-3)22-13-11-16-7-9-17(19)10-8-16/h7-10,15H,5-6,11-14H2,1-4H3,(H2,20,21,22). The maximum atomic E-state index is 12.8. The first kappa shape index (κ1) is 19.4. The molecule has 1 aromatic rings. The van der Waals surface area contributed by atoms with Crippen LogP contribution in [0.5, 0.6) is 0 Å². The van der Waals surface area contributed by atoms with Gasteiger partial charge >= 0.3 is 0 Å². The Morgan fingerprint density at radius 2 is 1.78 bits per heavy atom. The van der Waals surface area contributed by atoms with Crippen molar-refractivity contribution in [3.63, 3.8) is 0 Å². The fourth-order valence-electron chi connectivity index (χ4n) is 2.15. The van der Waals surface area contributed by atoms with E-state index in [1.165, 1.54) is 18.6 Å². The van der Waals surface area contributed by atoms with E-state index < -0.39 is 0 Å². The molecule has 23 heavy (non-hydrogen) atoms. The van der Waals surface area contributed by atoms with Crippen molar-refractivity contribution < 1.29 is 4.39 Å². The van der Waals surface area contributed by atoms with Crippen molar-refractivity contribution in [1.82, 2.24) is 15.5 Å². The number of nitrogens with zero attached hydrogens (tertiary/aromatic N) is 2. The molecule has 2 N–H and O–H groups in total. The highest BCUT2D eigenvalue weighted by Crippen LogP contribution is 2.02. The van der Waals surface area contributed by atoms with E-state index in [-0.39, 0.29) is 5.82 Å². The molecule has 0 aromatic heterocycles. The van der Waals surface area contributed by atoms with E-state index in [4.69, 9.17) is 0 Å². The number of hydrogen-bond donors (Lipinski definition) is 2. The van der Waals surface area contributed by atoms with Crippen LogP contribution in [0.1, 0.15) is 32.3 Å². The third kappa shape index (κ3) is 8.55. The van der Waals surface area contributed by atoms with Gasteiger partial charge in [-0.25, -0.2) is 4.39 Å². The quantitative estimate of drug-likeness (QED) is 0.417. The second-order valence-electron chi connectivity index (χ2n) is 6.08. The third-order valence-electron chi connectivity index (χ3n) is 3.95. The monoisotopic (exact) mass is 322 g/mol. The van der Waals surface area contributed by atoms with E-state index in [9.17, 15) is 4.39 Å². The van der Waals surface area contributed by atoms with Gasteiger partial charge in [-0.15, -0.1) is 0 Å². The van der Waals surface area contributed by atoms with Gasteiger partial charge < -0.3 is 15.5 Å². The second-order valence-corrected chi connectivity index (χ2v) is 6.08. The Morgan fingerprint density at radius 3 is 2.39 bits per heavy atom. The molecule has 0 radical (unpaired) electrons. The van der Waals surface area contributed by atoms with E-state index in [1.54, 1.807) is 7.05 Å². The van der Waals surface area contributed by atoms with E-state index >= 15 is 0 Å². The molecule has 0 aliphatic carbocycles. The van der Waals surface area contributed by atoms with Crippen LogP contribution in [0.2, 0.25) is 0 Å². The molecule has 130 valence electrons. The largest absolute Gasteiger partial charge is 0.356 e. The molecule has 0 atom stereocenters. The molecular formula is C18H31FN4. The maximum Gasteiger partial charge on any atom is 0.190 e. The first-order valence-electron chi connectivity index (χ1n) is 8.42. The molecule has 1 rings (SSSR count). The average molecular weight is 322 g/mol. The zero-order valence-electron chi connectivity index (χ0n) is 14.9. The normalized spacial score (nSPS) is 12.0. The SMILES string of the molecule is CN=C(NCCCCN(C)C(C)C)NCCc1ccc(F)cc1.